The van der Waals surface area contributed by atoms with Crippen molar-refractivity contribution in [3.8, 4) is 0 Å². The van der Waals surface area contributed by atoms with Crippen molar-refractivity contribution in [1.82, 2.24) is 4.72 Å². The zero-order valence-electron chi connectivity index (χ0n) is 8.83. The highest BCUT2D eigenvalue weighted by atomic mass is 32.2. The molecule has 5 heteroatoms. The van der Waals surface area contributed by atoms with E-state index in [-0.39, 0.29) is 10.8 Å². The second-order valence-corrected chi connectivity index (χ2v) is 5.78. The van der Waals surface area contributed by atoms with Gasteiger partial charge in [0, 0.05) is 0 Å². The first-order valence-electron chi connectivity index (χ1n) is 5.35. The summed E-state index contributed by atoms with van der Waals surface area (Å²) in [5.41, 5.74) is 0. The maximum absolute atomic E-state index is 11.8. The Kier molecular flexibility index (Phi) is 3.28. The fourth-order valence-electron chi connectivity index (χ4n) is 1.68. The zero-order valence-corrected chi connectivity index (χ0v) is 9.65. The third kappa shape index (κ3) is 2.42. The molecule has 0 radical (unpaired) electrons. The van der Waals surface area contributed by atoms with E-state index in [9.17, 15) is 13.5 Å². The van der Waals surface area contributed by atoms with Crippen molar-refractivity contribution in [3.63, 3.8) is 0 Å². The van der Waals surface area contributed by atoms with E-state index in [0.29, 0.717) is 0 Å². The van der Waals surface area contributed by atoms with Gasteiger partial charge in [0.05, 0.1) is 4.90 Å². The van der Waals surface area contributed by atoms with Crippen molar-refractivity contribution in [2.45, 2.75) is 30.4 Å². The second kappa shape index (κ2) is 4.53. The van der Waals surface area contributed by atoms with Gasteiger partial charge in [-0.1, -0.05) is 24.6 Å². The molecule has 1 saturated carbocycles. The van der Waals surface area contributed by atoms with Gasteiger partial charge in [-0.2, -0.15) is 4.72 Å². The van der Waals surface area contributed by atoms with E-state index in [4.69, 9.17) is 0 Å². The third-order valence-electron chi connectivity index (χ3n) is 2.93. The van der Waals surface area contributed by atoms with Crippen LogP contribution in [0.1, 0.15) is 19.3 Å². The zero-order chi connectivity index (χ0) is 11.6. The van der Waals surface area contributed by atoms with Crippen LogP contribution < -0.4 is 4.72 Å². The first-order chi connectivity index (χ1) is 7.59. The smallest absolute Gasteiger partial charge is 0.242 e. The Hall–Kier alpha value is -0.910. The Labute approximate surface area is 95.4 Å². The highest BCUT2D eigenvalue weighted by molar-refractivity contribution is 7.89. The summed E-state index contributed by atoms with van der Waals surface area (Å²) in [6, 6.07) is 8.08. The summed E-state index contributed by atoms with van der Waals surface area (Å²) in [7, 11) is -3.58. The number of sulfonamides is 1. The molecule has 0 aromatic heterocycles. The molecular weight excluding hydrogens is 226 g/mol. The molecule has 0 saturated heterocycles. The normalized spacial score (nSPS) is 19.1. The maximum atomic E-state index is 11.8. The molecule has 0 heterocycles. The lowest BCUT2D eigenvalue weighted by atomic mass is 9.84. The number of nitrogens with one attached hydrogen (secondary N) is 1. The van der Waals surface area contributed by atoms with Crippen LogP contribution in [0.2, 0.25) is 0 Å². The van der Waals surface area contributed by atoms with Crippen molar-refractivity contribution in [3.05, 3.63) is 30.3 Å². The van der Waals surface area contributed by atoms with Gasteiger partial charge < -0.3 is 5.11 Å². The second-order valence-electron chi connectivity index (χ2n) is 4.07. The Morgan fingerprint density at radius 2 is 1.88 bits per heavy atom. The Bertz CT molecular complexity index is 440. The molecular formula is C11H15NO3S. The molecule has 2 rings (SSSR count). The molecule has 1 atom stereocenters. The number of aliphatic hydroxyl groups is 1. The van der Waals surface area contributed by atoms with Gasteiger partial charge in [0.1, 0.15) is 6.23 Å². The van der Waals surface area contributed by atoms with Crippen LogP contribution in [-0.2, 0) is 10.0 Å². The molecule has 0 spiro atoms. The summed E-state index contributed by atoms with van der Waals surface area (Å²) in [6.45, 7) is 0. The third-order valence-corrected chi connectivity index (χ3v) is 4.37. The van der Waals surface area contributed by atoms with E-state index in [1.54, 1.807) is 18.2 Å². The van der Waals surface area contributed by atoms with E-state index < -0.39 is 16.3 Å². The monoisotopic (exact) mass is 241 g/mol. The van der Waals surface area contributed by atoms with Crippen molar-refractivity contribution < 1.29 is 13.5 Å². The lowest BCUT2D eigenvalue weighted by molar-refractivity contribution is 0.0540. The van der Waals surface area contributed by atoms with Gasteiger partial charge in [-0.3, -0.25) is 0 Å². The van der Waals surface area contributed by atoms with Crippen molar-refractivity contribution in [2.75, 3.05) is 0 Å². The van der Waals surface area contributed by atoms with Crippen LogP contribution in [0.15, 0.2) is 35.2 Å². The summed E-state index contributed by atoms with van der Waals surface area (Å²) in [5.74, 6) is 0.0680. The molecule has 1 aliphatic rings. The van der Waals surface area contributed by atoms with Crippen LogP contribution in [0.25, 0.3) is 0 Å². The van der Waals surface area contributed by atoms with Gasteiger partial charge in [-0.15, -0.1) is 0 Å². The predicted octanol–water partition coefficient (Wildman–Crippen LogP) is 1.08. The lowest BCUT2D eigenvalue weighted by Crippen LogP contribution is -2.42. The molecule has 1 aromatic rings. The fraction of sp³-hybridized carbons (Fsp3) is 0.455. The maximum Gasteiger partial charge on any atom is 0.242 e. The van der Waals surface area contributed by atoms with Crippen LogP contribution >= 0.6 is 0 Å². The molecule has 1 aromatic carbocycles. The summed E-state index contributed by atoms with van der Waals surface area (Å²) in [6.07, 6.45) is 1.88. The SMILES string of the molecule is O=S(=O)(NC(O)C1CCC1)c1ccccc1. The summed E-state index contributed by atoms with van der Waals surface area (Å²) >= 11 is 0. The van der Waals surface area contributed by atoms with Crippen LogP contribution in [-0.4, -0.2) is 19.8 Å². The Morgan fingerprint density at radius 1 is 1.25 bits per heavy atom. The van der Waals surface area contributed by atoms with Gasteiger partial charge in [0.15, 0.2) is 0 Å². The van der Waals surface area contributed by atoms with Crippen LogP contribution in [0.5, 0.6) is 0 Å². The molecule has 2 N–H and O–H groups in total. The van der Waals surface area contributed by atoms with Crippen LogP contribution in [0.3, 0.4) is 0 Å². The largest absolute Gasteiger partial charge is 0.377 e. The first-order valence-corrected chi connectivity index (χ1v) is 6.83. The van der Waals surface area contributed by atoms with E-state index in [1.807, 2.05) is 0 Å². The first kappa shape index (κ1) is 11.6. The molecule has 0 bridgehead atoms. The highest BCUT2D eigenvalue weighted by Gasteiger charge is 2.29. The average Bonchev–Trinajstić information content (AvgIpc) is 2.15. The summed E-state index contributed by atoms with van der Waals surface area (Å²) < 4.78 is 25.9. The van der Waals surface area contributed by atoms with E-state index >= 15 is 0 Å². The number of hydrogen-bond acceptors (Lipinski definition) is 3. The Morgan fingerprint density at radius 3 is 2.38 bits per heavy atom. The van der Waals surface area contributed by atoms with Gasteiger partial charge >= 0.3 is 0 Å². The molecule has 1 aliphatic carbocycles. The fourth-order valence-corrected chi connectivity index (χ4v) is 2.84. The van der Waals surface area contributed by atoms with E-state index in [1.165, 1.54) is 12.1 Å². The number of rotatable bonds is 4. The topological polar surface area (TPSA) is 66.4 Å². The minimum Gasteiger partial charge on any atom is -0.377 e. The Balaban J connectivity index is 2.08. The average molecular weight is 241 g/mol. The number of benzene rings is 1. The van der Waals surface area contributed by atoms with Gasteiger partial charge in [-0.25, -0.2) is 8.42 Å². The molecule has 1 fully saturated rings. The quantitative estimate of drug-likeness (QED) is 0.775. The molecule has 1 unspecified atom stereocenters. The summed E-state index contributed by atoms with van der Waals surface area (Å²) in [5, 5.41) is 9.68. The molecule has 0 amide bonds. The molecule has 16 heavy (non-hydrogen) atoms. The minimum atomic E-state index is -3.58. The van der Waals surface area contributed by atoms with Crippen LogP contribution in [0, 0.1) is 5.92 Å². The number of hydrogen-bond donors (Lipinski definition) is 2. The van der Waals surface area contributed by atoms with Gasteiger partial charge in [0.2, 0.25) is 10.0 Å². The van der Waals surface area contributed by atoms with Crippen LogP contribution in [0.4, 0.5) is 0 Å². The lowest BCUT2D eigenvalue weighted by Gasteiger charge is -2.30. The highest BCUT2D eigenvalue weighted by Crippen LogP contribution is 2.29. The standard InChI is InChI=1S/C11H15NO3S/c13-11(9-5-4-6-9)12-16(14,15)10-7-2-1-3-8-10/h1-3,7-9,11-13H,4-6H2. The van der Waals surface area contributed by atoms with Gasteiger partial charge in [-0.05, 0) is 30.9 Å². The van der Waals surface area contributed by atoms with E-state index in [2.05, 4.69) is 4.72 Å². The van der Waals surface area contributed by atoms with E-state index in [0.717, 1.165) is 19.3 Å². The summed E-state index contributed by atoms with van der Waals surface area (Å²) in [4.78, 5) is 0.188. The van der Waals surface area contributed by atoms with Crippen molar-refractivity contribution >= 4 is 10.0 Å². The molecule has 0 aliphatic heterocycles. The molecule has 88 valence electrons. The van der Waals surface area contributed by atoms with Gasteiger partial charge in [0.25, 0.3) is 0 Å². The van der Waals surface area contributed by atoms with Crippen molar-refractivity contribution in [2.24, 2.45) is 5.92 Å². The molecule has 4 nitrogen and oxygen atoms in total. The van der Waals surface area contributed by atoms with Crippen molar-refractivity contribution in [1.29, 1.82) is 0 Å². The predicted molar refractivity (Wildman–Crippen MR) is 60.1 cm³/mol. The minimum absolute atomic E-state index is 0.0680. The number of aliphatic hydroxyl groups excluding tert-OH is 1.